The fraction of sp³-hybridized carbons (Fsp3) is 0.357. The molecule has 116 valence electrons. The van der Waals surface area contributed by atoms with Crippen LogP contribution in [0.1, 0.15) is 18.9 Å². The first-order valence-electron chi connectivity index (χ1n) is 6.86. The van der Waals surface area contributed by atoms with E-state index in [1.54, 1.807) is 6.92 Å². The monoisotopic (exact) mass is 303 g/mol. The fourth-order valence-electron chi connectivity index (χ4n) is 1.84. The van der Waals surface area contributed by atoms with Crippen molar-refractivity contribution in [3.8, 4) is 11.4 Å². The van der Waals surface area contributed by atoms with Gasteiger partial charge >= 0.3 is 5.97 Å². The lowest BCUT2D eigenvalue weighted by Crippen LogP contribution is -2.42. The van der Waals surface area contributed by atoms with Crippen LogP contribution in [0, 0.1) is 6.92 Å². The molecule has 22 heavy (non-hydrogen) atoms. The van der Waals surface area contributed by atoms with Crippen LogP contribution in [0.5, 0.6) is 0 Å². The molecule has 8 nitrogen and oxygen atoms in total. The molecule has 2 aromatic rings. The zero-order valence-electron chi connectivity index (χ0n) is 12.4. The molecule has 0 aliphatic carbocycles. The van der Waals surface area contributed by atoms with Gasteiger partial charge in [-0.25, -0.2) is 4.79 Å². The Labute approximate surface area is 127 Å². The van der Waals surface area contributed by atoms with E-state index in [2.05, 4.69) is 20.7 Å². The molecule has 0 fully saturated rings. The van der Waals surface area contributed by atoms with Crippen LogP contribution in [0.2, 0.25) is 0 Å². The molecule has 1 heterocycles. The number of tetrazole rings is 1. The lowest BCUT2D eigenvalue weighted by molar-refractivity contribution is -0.142. The average molecular weight is 303 g/mol. The number of amides is 1. The molecule has 8 heteroatoms. The smallest absolute Gasteiger partial charge is 0.326 e. The summed E-state index contributed by atoms with van der Waals surface area (Å²) >= 11 is 0. The number of aromatic nitrogens is 4. The molecule has 1 atom stereocenters. The molecule has 1 unspecified atom stereocenters. The number of nitrogens with zero attached hydrogens (tertiary/aromatic N) is 4. The van der Waals surface area contributed by atoms with Crippen molar-refractivity contribution in [2.45, 2.75) is 32.9 Å². The average Bonchev–Trinajstić information content (AvgIpc) is 2.93. The highest BCUT2D eigenvalue weighted by Crippen LogP contribution is 2.13. The highest BCUT2D eigenvalue weighted by Gasteiger charge is 2.18. The van der Waals surface area contributed by atoms with E-state index in [1.807, 2.05) is 31.2 Å². The zero-order valence-corrected chi connectivity index (χ0v) is 12.4. The van der Waals surface area contributed by atoms with Crippen molar-refractivity contribution >= 4 is 11.9 Å². The van der Waals surface area contributed by atoms with Crippen LogP contribution in [0.3, 0.4) is 0 Å². The molecule has 0 aliphatic heterocycles. The largest absolute Gasteiger partial charge is 0.480 e. The number of carboxylic acid groups (broad SMARTS) is 1. The van der Waals surface area contributed by atoms with E-state index in [1.165, 1.54) is 0 Å². The van der Waals surface area contributed by atoms with E-state index in [9.17, 15) is 9.59 Å². The zero-order chi connectivity index (χ0) is 16.1. The summed E-state index contributed by atoms with van der Waals surface area (Å²) in [7, 11) is 0. The quantitative estimate of drug-likeness (QED) is 0.810. The van der Waals surface area contributed by atoms with Crippen LogP contribution < -0.4 is 5.32 Å². The number of carbonyl (C=O) groups excluding carboxylic acids is 1. The maximum absolute atomic E-state index is 11.8. The number of benzene rings is 1. The predicted molar refractivity (Wildman–Crippen MR) is 77.8 cm³/mol. The molecule has 1 aromatic carbocycles. The van der Waals surface area contributed by atoms with Gasteiger partial charge in [0, 0.05) is 5.56 Å². The van der Waals surface area contributed by atoms with E-state index in [-0.39, 0.29) is 6.54 Å². The minimum atomic E-state index is -1.07. The van der Waals surface area contributed by atoms with Crippen molar-refractivity contribution in [2.24, 2.45) is 0 Å². The highest BCUT2D eigenvalue weighted by atomic mass is 16.4. The van der Waals surface area contributed by atoms with Crippen LogP contribution in [0.25, 0.3) is 11.4 Å². The van der Waals surface area contributed by atoms with Crippen LogP contribution in [0.4, 0.5) is 0 Å². The van der Waals surface area contributed by atoms with Gasteiger partial charge in [-0.15, -0.1) is 10.2 Å². The summed E-state index contributed by atoms with van der Waals surface area (Å²) in [4.78, 5) is 23.8. The summed E-state index contributed by atoms with van der Waals surface area (Å²) in [6.07, 6.45) is 0.306. The van der Waals surface area contributed by atoms with Crippen molar-refractivity contribution in [2.75, 3.05) is 0 Å². The normalized spacial score (nSPS) is 11.9. The van der Waals surface area contributed by atoms with Gasteiger partial charge in [0.15, 0.2) is 0 Å². The Morgan fingerprint density at radius 3 is 2.59 bits per heavy atom. The third kappa shape index (κ3) is 3.87. The first-order valence-corrected chi connectivity index (χ1v) is 6.86. The van der Waals surface area contributed by atoms with Crippen LogP contribution in [-0.4, -0.2) is 43.2 Å². The second-order valence-electron chi connectivity index (χ2n) is 4.88. The molecule has 1 aromatic heterocycles. The van der Waals surface area contributed by atoms with Crippen molar-refractivity contribution in [3.05, 3.63) is 29.8 Å². The van der Waals surface area contributed by atoms with Gasteiger partial charge in [0.2, 0.25) is 11.7 Å². The first kappa shape index (κ1) is 15.6. The molecule has 0 saturated carbocycles. The summed E-state index contributed by atoms with van der Waals surface area (Å²) < 4.78 is 0. The minimum Gasteiger partial charge on any atom is -0.480 e. The first-order chi connectivity index (χ1) is 10.5. The van der Waals surface area contributed by atoms with Gasteiger partial charge in [-0.3, -0.25) is 4.79 Å². The number of hydrogen-bond donors (Lipinski definition) is 2. The molecule has 1 amide bonds. The molecule has 0 aliphatic rings. The fourth-order valence-corrected chi connectivity index (χ4v) is 1.84. The van der Waals surface area contributed by atoms with Crippen molar-refractivity contribution < 1.29 is 14.7 Å². The molecule has 0 radical (unpaired) electrons. The van der Waals surface area contributed by atoms with Gasteiger partial charge in [0.05, 0.1) is 0 Å². The van der Waals surface area contributed by atoms with Crippen LogP contribution in [0.15, 0.2) is 24.3 Å². The summed E-state index contributed by atoms with van der Waals surface area (Å²) in [5.41, 5.74) is 1.92. The van der Waals surface area contributed by atoms with Gasteiger partial charge in [-0.2, -0.15) is 4.80 Å². The summed E-state index contributed by atoms with van der Waals surface area (Å²) in [5.74, 6) is -1.12. The van der Waals surface area contributed by atoms with Gasteiger partial charge in [-0.1, -0.05) is 36.8 Å². The van der Waals surface area contributed by atoms with Crippen molar-refractivity contribution in [3.63, 3.8) is 0 Å². The summed E-state index contributed by atoms with van der Waals surface area (Å²) in [5, 5.41) is 23.1. The Bertz CT molecular complexity index is 665. The van der Waals surface area contributed by atoms with E-state index >= 15 is 0 Å². The van der Waals surface area contributed by atoms with Crippen LogP contribution >= 0.6 is 0 Å². The Hall–Kier alpha value is -2.77. The molecule has 2 N–H and O–H groups in total. The summed E-state index contributed by atoms with van der Waals surface area (Å²) in [6.45, 7) is 3.48. The SMILES string of the molecule is CCC(NC(=O)Cn1nnc(-c2ccc(C)cc2)n1)C(=O)O. The molecule has 0 spiro atoms. The number of hydrogen-bond acceptors (Lipinski definition) is 5. The maximum Gasteiger partial charge on any atom is 0.326 e. The van der Waals surface area contributed by atoms with Crippen molar-refractivity contribution in [1.29, 1.82) is 0 Å². The molecule has 2 rings (SSSR count). The Kier molecular flexibility index (Phi) is 4.82. The van der Waals surface area contributed by atoms with Crippen molar-refractivity contribution in [1.82, 2.24) is 25.5 Å². The number of rotatable bonds is 6. The minimum absolute atomic E-state index is 0.178. The number of carbonyl (C=O) groups is 2. The Morgan fingerprint density at radius 2 is 2.00 bits per heavy atom. The third-order valence-corrected chi connectivity index (χ3v) is 3.09. The van der Waals surface area contributed by atoms with Gasteiger partial charge < -0.3 is 10.4 Å². The number of nitrogens with one attached hydrogen (secondary N) is 1. The lowest BCUT2D eigenvalue weighted by atomic mass is 10.1. The van der Waals surface area contributed by atoms with E-state index in [0.29, 0.717) is 12.2 Å². The third-order valence-electron chi connectivity index (χ3n) is 3.09. The number of aliphatic carboxylic acids is 1. The second kappa shape index (κ2) is 6.79. The molecule has 0 saturated heterocycles. The second-order valence-corrected chi connectivity index (χ2v) is 4.88. The van der Waals surface area contributed by atoms with E-state index < -0.39 is 17.9 Å². The standard InChI is InChI=1S/C14H17N5O3/c1-3-11(14(21)22)15-12(20)8-19-17-13(16-18-19)10-6-4-9(2)5-7-10/h4-7,11H,3,8H2,1-2H3,(H,15,20)(H,21,22). The van der Waals surface area contributed by atoms with Gasteiger partial charge in [-0.05, 0) is 18.6 Å². The molecular weight excluding hydrogens is 286 g/mol. The van der Waals surface area contributed by atoms with E-state index in [4.69, 9.17) is 5.11 Å². The Balaban J connectivity index is 2.01. The molecular formula is C14H17N5O3. The topological polar surface area (TPSA) is 110 Å². The van der Waals surface area contributed by atoms with Gasteiger partial charge in [0.1, 0.15) is 12.6 Å². The Morgan fingerprint density at radius 1 is 1.32 bits per heavy atom. The van der Waals surface area contributed by atoms with Gasteiger partial charge in [0.25, 0.3) is 0 Å². The van der Waals surface area contributed by atoms with E-state index in [0.717, 1.165) is 15.9 Å². The number of aryl methyl sites for hydroxylation is 1. The summed E-state index contributed by atoms with van der Waals surface area (Å²) in [6, 6.07) is 6.69. The van der Waals surface area contributed by atoms with Crippen LogP contribution in [-0.2, 0) is 16.1 Å². The highest BCUT2D eigenvalue weighted by molar-refractivity contribution is 5.83. The number of carboxylic acids is 1. The lowest BCUT2D eigenvalue weighted by Gasteiger charge is -2.11. The predicted octanol–water partition coefficient (Wildman–Crippen LogP) is 0.628. The molecule has 0 bridgehead atoms. The maximum atomic E-state index is 11.8.